The number of esters is 1. The second-order valence-electron chi connectivity index (χ2n) is 8.70. The van der Waals surface area contributed by atoms with Crippen LogP contribution in [0.25, 0.3) is 0 Å². The largest absolute Gasteiger partial charge is 1.00 e. The summed E-state index contributed by atoms with van der Waals surface area (Å²) in [4.78, 5) is 39.4. The van der Waals surface area contributed by atoms with Gasteiger partial charge in [0.05, 0.1) is 38.9 Å². The number of hydrogen-bond donors (Lipinski definition) is 1. The third kappa shape index (κ3) is 7.70. The molecule has 0 bridgehead atoms. The van der Waals surface area contributed by atoms with Crippen molar-refractivity contribution in [1.29, 1.82) is 0 Å². The van der Waals surface area contributed by atoms with Crippen LogP contribution in [-0.4, -0.2) is 61.7 Å². The van der Waals surface area contributed by atoms with Crippen LogP contribution in [0.15, 0.2) is 42.5 Å². The molecule has 2 aromatic carbocycles. The maximum atomic E-state index is 13.5. The molecule has 1 N–H and O–H groups in total. The van der Waals surface area contributed by atoms with E-state index in [4.69, 9.17) is 14.2 Å². The molecule has 0 aliphatic carbocycles. The zero-order chi connectivity index (χ0) is 26.2. The number of benzene rings is 2. The molecule has 1 amide bonds. The van der Waals surface area contributed by atoms with Crippen LogP contribution in [0.2, 0.25) is 0 Å². The molecule has 2 aromatic rings. The van der Waals surface area contributed by atoms with Gasteiger partial charge in [0.1, 0.15) is 6.04 Å². The van der Waals surface area contributed by atoms with Crippen LogP contribution in [0.3, 0.4) is 0 Å². The van der Waals surface area contributed by atoms with Crippen LogP contribution in [0.5, 0.6) is 11.5 Å². The fraction of sp³-hybridized carbons (Fsp3) is 0.444. The van der Waals surface area contributed by atoms with Crippen molar-refractivity contribution >= 4 is 17.8 Å². The number of hydrogen-bond acceptors (Lipinski definition) is 8. The predicted octanol–water partition coefficient (Wildman–Crippen LogP) is -1.75. The zero-order valence-corrected chi connectivity index (χ0v) is 24.1. The van der Waals surface area contributed by atoms with Gasteiger partial charge >= 0.3 is 35.5 Å². The summed E-state index contributed by atoms with van der Waals surface area (Å²) < 4.78 is 15.9. The monoisotopic (exact) mass is 520 g/mol. The van der Waals surface area contributed by atoms with Crippen molar-refractivity contribution < 1.29 is 63.3 Å². The van der Waals surface area contributed by atoms with Gasteiger partial charge in [-0.3, -0.25) is 14.9 Å². The molecule has 0 saturated heterocycles. The average molecular weight is 521 g/mol. The molecule has 0 aromatic heterocycles. The van der Waals surface area contributed by atoms with E-state index in [1.807, 2.05) is 30.3 Å². The zero-order valence-electron chi connectivity index (χ0n) is 22.1. The van der Waals surface area contributed by atoms with Gasteiger partial charge in [-0.25, -0.2) is 0 Å². The number of carbonyl (C=O) groups is 3. The van der Waals surface area contributed by atoms with Crippen LogP contribution >= 0.6 is 0 Å². The molecule has 0 saturated carbocycles. The van der Waals surface area contributed by atoms with E-state index in [1.54, 1.807) is 26.0 Å². The molecule has 3 atom stereocenters. The summed E-state index contributed by atoms with van der Waals surface area (Å²) in [5.41, 5.74) is 2.57. The minimum atomic E-state index is -1.35. The second-order valence-corrected chi connectivity index (χ2v) is 8.70. The summed E-state index contributed by atoms with van der Waals surface area (Å²) in [6.45, 7) is 3.62. The number of nitrogens with zero attached hydrogens (tertiary/aromatic N) is 1. The minimum Gasteiger partial charge on any atom is -0.548 e. The molecule has 0 radical (unpaired) electrons. The Kier molecular flexibility index (Phi) is 11.9. The molecule has 9 nitrogen and oxygen atoms in total. The predicted molar refractivity (Wildman–Crippen MR) is 130 cm³/mol. The first-order valence-corrected chi connectivity index (χ1v) is 12.0. The van der Waals surface area contributed by atoms with Crippen LogP contribution in [0, 0.1) is 0 Å². The Morgan fingerprint density at radius 3 is 2.27 bits per heavy atom. The molecule has 1 aliphatic rings. The molecular weight excluding hydrogens is 487 g/mol. The van der Waals surface area contributed by atoms with E-state index in [0.717, 1.165) is 16.7 Å². The summed E-state index contributed by atoms with van der Waals surface area (Å²) >= 11 is 0. The van der Waals surface area contributed by atoms with Crippen molar-refractivity contribution in [3.05, 3.63) is 59.2 Å². The van der Waals surface area contributed by atoms with Gasteiger partial charge in [-0.1, -0.05) is 30.3 Å². The Morgan fingerprint density at radius 2 is 1.70 bits per heavy atom. The molecule has 0 unspecified atom stereocenters. The molecule has 194 valence electrons. The van der Waals surface area contributed by atoms with Crippen molar-refractivity contribution in [3.63, 3.8) is 0 Å². The van der Waals surface area contributed by atoms with Gasteiger partial charge in [-0.2, -0.15) is 0 Å². The van der Waals surface area contributed by atoms with Gasteiger partial charge in [0.2, 0.25) is 5.91 Å². The Hall–Kier alpha value is -2.59. The SMILES string of the molecule is CCOC(=O)[C@H](CCc1ccccc1)N[C@@H](C)C(=O)N1Cc2cc(OC)c(OC)cc2C[C@H]1C(=O)[O-].[Na+]. The number of carbonyl (C=O) groups excluding carboxylic acids is 3. The number of aryl methyl sites for hydroxylation is 1. The summed E-state index contributed by atoms with van der Waals surface area (Å²) in [7, 11) is 3.02. The molecule has 0 fully saturated rings. The van der Waals surface area contributed by atoms with Crippen molar-refractivity contribution in [2.75, 3.05) is 20.8 Å². The third-order valence-electron chi connectivity index (χ3n) is 6.35. The van der Waals surface area contributed by atoms with E-state index in [1.165, 1.54) is 19.1 Å². The van der Waals surface area contributed by atoms with Crippen molar-refractivity contribution in [3.8, 4) is 11.5 Å². The topological polar surface area (TPSA) is 117 Å². The summed E-state index contributed by atoms with van der Waals surface area (Å²) in [5.74, 6) is -1.27. The molecule has 10 heteroatoms. The van der Waals surface area contributed by atoms with Gasteiger partial charge in [0.25, 0.3) is 0 Å². The molecule has 1 aliphatic heterocycles. The first kappa shape index (κ1) is 30.6. The third-order valence-corrected chi connectivity index (χ3v) is 6.35. The number of rotatable bonds is 11. The maximum Gasteiger partial charge on any atom is 1.00 e. The normalized spacial score (nSPS) is 16.0. The quantitative estimate of drug-likeness (QED) is 0.274. The van der Waals surface area contributed by atoms with Crippen molar-refractivity contribution in [2.24, 2.45) is 0 Å². The first-order valence-electron chi connectivity index (χ1n) is 12.0. The average Bonchev–Trinajstić information content (AvgIpc) is 2.89. The number of amides is 1. The summed E-state index contributed by atoms with van der Waals surface area (Å²) in [6, 6.07) is 10.5. The number of carboxylic acids is 1. The molecule has 3 rings (SSSR count). The molecular formula is C27H33N2NaO7. The van der Waals surface area contributed by atoms with E-state index in [2.05, 4.69) is 5.32 Å². The number of methoxy groups -OCH3 is 2. The fourth-order valence-corrected chi connectivity index (χ4v) is 4.44. The van der Waals surface area contributed by atoms with E-state index < -0.39 is 36.0 Å². The van der Waals surface area contributed by atoms with E-state index in [9.17, 15) is 19.5 Å². The molecule has 0 spiro atoms. The second kappa shape index (κ2) is 14.4. The standard InChI is InChI=1S/C27H34N2O7.Na/c1-5-36-27(33)21(12-11-18-9-7-6-8-10-18)28-17(2)25(30)29-16-20-15-24(35-4)23(34-3)14-19(20)13-22(29)26(31)32;/h6-10,14-15,17,21-22,28H,5,11-13,16H2,1-4H3,(H,31,32);/q;+1/p-1/t17-,21-,22-;/m0./s1. The maximum absolute atomic E-state index is 13.5. The Morgan fingerprint density at radius 1 is 1.08 bits per heavy atom. The van der Waals surface area contributed by atoms with Crippen LogP contribution in [-0.2, 0) is 38.5 Å². The Balaban J connectivity index is 0.00000481. The number of carboxylic acid groups (broad SMARTS) is 1. The first-order chi connectivity index (χ1) is 17.3. The van der Waals surface area contributed by atoms with E-state index in [-0.39, 0.29) is 49.1 Å². The van der Waals surface area contributed by atoms with Gasteiger partial charge in [-0.15, -0.1) is 0 Å². The van der Waals surface area contributed by atoms with Gasteiger partial charge in [0.15, 0.2) is 11.5 Å². The van der Waals surface area contributed by atoms with E-state index >= 15 is 0 Å². The number of fused-ring (bicyclic) bond motifs is 1. The Labute approximate surface area is 239 Å². The number of ether oxygens (including phenoxy) is 3. The van der Waals surface area contributed by atoms with Gasteiger partial charge < -0.3 is 29.0 Å². The van der Waals surface area contributed by atoms with Gasteiger partial charge in [-0.05, 0) is 61.9 Å². The van der Waals surface area contributed by atoms with Crippen LogP contribution in [0.1, 0.15) is 37.0 Å². The van der Waals surface area contributed by atoms with Crippen molar-refractivity contribution in [2.45, 2.75) is 57.8 Å². The fourth-order valence-electron chi connectivity index (χ4n) is 4.44. The molecule has 37 heavy (non-hydrogen) atoms. The smallest absolute Gasteiger partial charge is 0.548 e. The minimum absolute atomic E-state index is 0. The van der Waals surface area contributed by atoms with Crippen molar-refractivity contribution in [1.82, 2.24) is 10.2 Å². The molecule has 1 heterocycles. The van der Waals surface area contributed by atoms with E-state index in [0.29, 0.717) is 24.3 Å². The number of aliphatic carboxylic acids is 1. The number of nitrogens with one attached hydrogen (secondary N) is 1. The van der Waals surface area contributed by atoms with Crippen LogP contribution in [0.4, 0.5) is 0 Å². The summed E-state index contributed by atoms with van der Waals surface area (Å²) in [6.07, 6.45) is 1.11. The van der Waals surface area contributed by atoms with Gasteiger partial charge in [0, 0.05) is 6.54 Å². The Bertz CT molecular complexity index is 1080. The van der Waals surface area contributed by atoms with Crippen LogP contribution < -0.4 is 49.5 Å². The summed E-state index contributed by atoms with van der Waals surface area (Å²) in [5, 5.41) is 15.1.